The van der Waals surface area contributed by atoms with Crippen molar-refractivity contribution in [1.29, 1.82) is 0 Å². The van der Waals surface area contributed by atoms with Gasteiger partial charge in [0.15, 0.2) is 0 Å². The number of rotatable bonds is 5. The number of nitrogens with zero attached hydrogens (tertiary/aromatic N) is 2. The lowest BCUT2D eigenvalue weighted by Crippen LogP contribution is -2.47. The summed E-state index contributed by atoms with van der Waals surface area (Å²) in [4.78, 5) is 14.9. The van der Waals surface area contributed by atoms with Crippen LogP contribution >= 0.6 is 11.3 Å². The molecule has 2 aromatic rings. The van der Waals surface area contributed by atoms with Gasteiger partial charge in [-0.15, -0.1) is 11.3 Å². The fraction of sp³-hybridized carbons (Fsp3) is 0.421. The van der Waals surface area contributed by atoms with Crippen LogP contribution in [0.3, 0.4) is 0 Å². The van der Waals surface area contributed by atoms with Gasteiger partial charge in [0.1, 0.15) is 10.3 Å². The third-order valence-corrected chi connectivity index (χ3v) is 8.47. The Bertz CT molecular complexity index is 884. The molecule has 8 heteroatoms. The Morgan fingerprint density at radius 1 is 1.07 bits per heavy atom. The molecule has 6 nitrogen and oxygen atoms in total. The number of hydrogen-bond donors (Lipinski definition) is 1. The van der Waals surface area contributed by atoms with E-state index in [2.05, 4.69) is 5.32 Å². The second kappa shape index (κ2) is 7.61. The number of anilines is 1. The Morgan fingerprint density at radius 2 is 1.89 bits per heavy atom. The van der Waals surface area contributed by atoms with Gasteiger partial charge in [0.25, 0.3) is 10.0 Å². The van der Waals surface area contributed by atoms with Crippen LogP contribution in [0.2, 0.25) is 0 Å². The quantitative estimate of drug-likeness (QED) is 0.830. The molecule has 0 spiro atoms. The monoisotopic (exact) mass is 405 g/mol. The van der Waals surface area contributed by atoms with Gasteiger partial charge in [-0.25, -0.2) is 8.42 Å². The molecule has 2 aliphatic rings. The summed E-state index contributed by atoms with van der Waals surface area (Å²) in [7, 11) is -3.59. The summed E-state index contributed by atoms with van der Waals surface area (Å²) in [5.74, 6) is -0.0648. The number of nitrogens with one attached hydrogen (secondary N) is 1. The molecule has 2 unspecified atom stereocenters. The molecular weight excluding hydrogens is 382 g/mol. The second-order valence-corrected chi connectivity index (χ2v) is 10.1. The number of benzene rings is 1. The molecule has 1 N–H and O–H groups in total. The Balaban J connectivity index is 1.43. The summed E-state index contributed by atoms with van der Waals surface area (Å²) < 4.78 is 27.5. The highest BCUT2D eigenvalue weighted by Gasteiger charge is 2.42. The van der Waals surface area contributed by atoms with Gasteiger partial charge in [0.2, 0.25) is 5.91 Å². The number of likely N-dealkylation sites (tertiary alicyclic amines) is 1. The maximum atomic E-state index is 13.1. The average molecular weight is 406 g/mol. The second-order valence-electron chi connectivity index (χ2n) is 6.99. The number of para-hydroxylation sites is 1. The third-order valence-electron chi connectivity index (χ3n) is 5.19. The van der Waals surface area contributed by atoms with E-state index in [0.29, 0.717) is 30.3 Å². The summed E-state index contributed by atoms with van der Waals surface area (Å²) in [5.41, 5.74) is 1.04. The predicted octanol–water partition coefficient (Wildman–Crippen LogP) is 2.61. The molecule has 27 heavy (non-hydrogen) atoms. The minimum atomic E-state index is -3.59. The van der Waals surface area contributed by atoms with Crippen LogP contribution < -0.4 is 5.32 Å². The standard InChI is InChI=1S/C19H23N3O3S2/c23-19(21-12-10-16(14-21)20-15-6-2-1-3-7-15)17-8-4-11-22(17)27(24,25)18-9-5-13-26-18/h1-3,5-7,9,13,16-17,20H,4,8,10-12,14H2. The number of carbonyl (C=O) groups is 1. The Morgan fingerprint density at radius 3 is 2.63 bits per heavy atom. The van der Waals surface area contributed by atoms with Crippen molar-refractivity contribution in [2.45, 2.75) is 35.6 Å². The average Bonchev–Trinajstić information content (AvgIpc) is 3.42. The first-order chi connectivity index (χ1) is 13.1. The first-order valence-corrected chi connectivity index (χ1v) is 11.5. The van der Waals surface area contributed by atoms with Crippen molar-refractivity contribution in [2.24, 2.45) is 0 Å². The van der Waals surface area contributed by atoms with Crippen molar-refractivity contribution >= 4 is 33.0 Å². The zero-order valence-corrected chi connectivity index (χ0v) is 16.6. The van der Waals surface area contributed by atoms with Gasteiger partial charge in [-0.05, 0) is 42.8 Å². The molecule has 0 radical (unpaired) electrons. The summed E-state index contributed by atoms with van der Waals surface area (Å²) in [6, 6.07) is 12.9. The molecule has 1 aromatic heterocycles. The van der Waals surface area contributed by atoms with Crippen molar-refractivity contribution in [1.82, 2.24) is 9.21 Å². The van der Waals surface area contributed by atoms with Crippen LogP contribution in [0.5, 0.6) is 0 Å². The smallest absolute Gasteiger partial charge is 0.253 e. The van der Waals surface area contributed by atoms with Gasteiger partial charge < -0.3 is 10.2 Å². The highest BCUT2D eigenvalue weighted by atomic mass is 32.2. The fourth-order valence-electron chi connectivity index (χ4n) is 3.86. The minimum absolute atomic E-state index is 0.0648. The van der Waals surface area contributed by atoms with Gasteiger partial charge in [-0.3, -0.25) is 4.79 Å². The van der Waals surface area contributed by atoms with E-state index < -0.39 is 16.1 Å². The van der Waals surface area contributed by atoms with Gasteiger partial charge in [0.05, 0.1) is 0 Å². The van der Waals surface area contributed by atoms with Crippen molar-refractivity contribution in [3.8, 4) is 0 Å². The van der Waals surface area contributed by atoms with Crippen LogP contribution in [0.25, 0.3) is 0 Å². The Labute approximate surface area is 163 Å². The highest BCUT2D eigenvalue weighted by molar-refractivity contribution is 7.91. The highest BCUT2D eigenvalue weighted by Crippen LogP contribution is 2.30. The van der Waals surface area contributed by atoms with Gasteiger partial charge in [-0.2, -0.15) is 4.31 Å². The fourth-order valence-corrected chi connectivity index (χ4v) is 6.63. The molecule has 2 saturated heterocycles. The van der Waals surface area contributed by atoms with Crippen LogP contribution in [-0.4, -0.2) is 55.2 Å². The molecule has 2 atom stereocenters. The van der Waals surface area contributed by atoms with E-state index in [4.69, 9.17) is 0 Å². The van der Waals surface area contributed by atoms with Crippen LogP contribution in [0, 0.1) is 0 Å². The van der Waals surface area contributed by atoms with Crippen molar-refractivity contribution in [3.05, 3.63) is 47.8 Å². The number of sulfonamides is 1. The normalized spacial score (nSPS) is 23.6. The van der Waals surface area contributed by atoms with E-state index in [9.17, 15) is 13.2 Å². The molecular formula is C19H23N3O3S2. The predicted molar refractivity (Wildman–Crippen MR) is 106 cm³/mol. The largest absolute Gasteiger partial charge is 0.380 e. The minimum Gasteiger partial charge on any atom is -0.380 e. The zero-order chi connectivity index (χ0) is 18.9. The lowest BCUT2D eigenvalue weighted by Gasteiger charge is -2.27. The number of carbonyl (C=O) groups excluding carboxylic acids is 1. The number of hydrogen-bond acceptors (Lipinski definition) is 5. The summed E-state index contributed by atoms with van der Waals surface area (Å²) in [5, 5.41) is 5.21. The van der Waals surface area contributed by atoms with E-state index in [-0.39, 0.29) is 11.9 Å². The maximum Gasteiger partial charge on any atom is 0.253 e. The molecule has 0 saturated carbocycles. The lowest BCUT2D eigenvalue weighted by atomic mass is 10.2. The summed E-state index contributed by atoms with van der Waals surface area (Å²) in [6.45, 7) is 1.68. The molecule has 1 amide bonds. The van der Waals surface area contributed by atoms with Crippen LogP contribution in [-0.2, 0) is 14.8 Å². The van der Waals surface area contributed by atoms with Crippen LogP contribution in [0.4, 0.5) is 5.69 Å². The van der Waals surface area contributed by atoms with E-state index >= 15 is 0 Å². The van der Waals surface area contributed by atoms with Crippen LogP contribution in [0.15, 0.2) is 52.1 Å². The molecule has 2 fully saturated rings. The molecule has 0 bridgehead atoms. The SMILES string of the molecule is O=C(C1CCCN1S(=O)(=O)c1cccs1)N1CCC(Nc2ccccc2)C1. The first-order valence-electron chi connectivity index (χ1n) is 9.21. The molecule has 4 rings (SSSR count). The molecule has 3 heterocycles. The van der Waals surface area contributed by atoms with E-state index in [1.54, 1.807) is 17.5 Å². The van der Waals surface area contributed by atoms with Gasteiger partial charge >= 0.3 is 0 Å². The Kier molecular flexibility index (Phi) is 5.21. The maximum absolute atomic E-state index is 13.1. The Hall–Kier alpha value is -1.90. The number of thiophene rings is 1. The molecule has 1 aromatic carbocycles. The zero-order valence-electron chi connectivity index (χ0n) is 15.0. The molecule has 144 valence electrons. The third kappa shape index (κ3) is 3.74. The first kappa shape index (κ1) is 18.5. The number of amides is 1. The van der Waals surface area contributed by atoms with Crippen LogP contribution in [0.1, 0.15) is 19.3 Å². The topological polar surface area (TPSA) is 69.7 Å². The summed E-state index contributed by atoms with van der Waals surface area (Å²) >= 11 is 1.20. The van der Waals surface area contributed by atoms with Crippen molar-refractivity contribution in [2.75, 3.05) is 25.0 Å². The molecule has 2 aliphatic heterocycles. The van der Waals surface area contributed by atoms with E-state index in [1.807, 2.05) is 35.2 Å². The van der Waals surface area contributed by atoms with E-state index in [1.165, 1.54) is 15.6 Å². The van der Waals surface area contributed by atoms with E-state index in [0.717, 1.165) is 18.5 Å². The lowest BCUT2D eigenvalue weighted by molar-refractivity contribution is -0.133. The van der Waals surface area contributed by atoms with Crippen molar-refractivity contribution < 1.29 is 13.2 Å². The molecule has 0 aliphatic carbocycles. The van der Waals surface area contributed by atoms with Crippen molar-refractivity contribution in [3.63, 3.8) is 0 Å². The summed E-state index contributed by atoms with van der Waals surface area (Å²) in [6.07, 6.45) is 2.18. The van der Waals surface area contributed by atoms with Gasteiger partial charge in [0, 0.05) is 31.4 Å². The van der Waals surface area contributed by atoms with Gasteiger partial charge in [-0.1, -0.05) is 24.3 Å².